The third-order valence-corrected chi connectivity index (χ3v) is 4.68. The van der Waals surface area contributed by atoms with Crippen LogP contribution in [0, 0.1) is 5.82 Å². The van der Waals surface area contributed by atoms with Crippen LogP contribution in [-0.2, 0) is 9.47 Å². The second-order valence-corrected chi connectivity index (χ2v) is 6.53. The maximum absolute atomic E-state index is 13.4. The fourth-order valence-electron chi connectivity index (χ4n) is 3.57. The molecule has 0 spiro atoms. The highest BCUT2D eigenvalue weighted by atomic mass is 19.1. The fourth-order valence-corrected chi connectivity index (χ4v) is 3.57. The molecule has 0 radical (unpaired) electrons. The Bertz CT molecular complexity index is 493. The molecule has 0 amide bonds. The van der Waals surface area contributed by atoms with Gasteiger partial charge in [-0.05, 0) is 49.9 Å². The molecule has 1 aromatic carbocycles. The molecule has 2 saturated heterocycles. The summed E-state index contributed by atoms with van der Waals surface area (Å²) in [6.45, 7) is 3.20. The average molecular weight is 323 g/mol. The molecule has 0 saturated carbocycles. The molecule has 3 rings (SSSR count). The lowest BCUT2D eigenvalue weighted by Gasteiger charge is -2.27. The standard InChI is InChI=1S/C18H26FNO3/c19-15-5-1-4-14(10-15)18-7-2-8-20(18)11-16(21)12-22-13-17-6-3-9-23-17/h1,4-5,10,16-18,21H,2-3,6-9,11-13H2/t16-,17-,18+/m0/s1. The molecular formula is C18H26FNO3. The van der Waals surface area contributed by atoms with Crippen LogP contribution in [0.2, 0.25) is 0 Å². The lowest BCUT2D eigenvalue weighted by atomic mass is 10.0. The van der Waals surface area contributed by atoms with Crippen molar-refractivity contribution in [1.29, 1.82) is 0 Å². The average Bonchev–Trinajstić information content (AvgIpc) is 3.19. The van der Waals surface area contributed by atoms with E-state index in [1.54, 1.807) is 12.1 Å². The normalized spacial score (nSPS) is 26.7. The van der Waals surface area contributed by atoms with Crippen LogP contribution in [0.1, 0.15) is 37.3 Å². The predicted octanol–water partition coefficient (Wildman–Crippen LogP) is 2.52. The Hall–Kier alpha value is -1.01. The monoisotopic (exact) mass is 323 g/mol. The Labute approximate surface area is 137 Å². The third kappa shape index (κ3) is 4.73. The molecule has 128 valence electrons. The highest BCUT2D eigenvalue weighted by Crippen LogP contribution is 2.32. The van der Waals surface area contributed by atoms with Crippen LogP contribution in [0.5, 0.6) is 0 Å². The zero-order valence-corrected chi connectivity index (χ0v) is 13.5. The van der Waals surface area contributed by atoms with Gasteiger partial charge in [0.25, 0.3) is 0 Å². The first-order chi connectivity index (χ1) is 11.2. The van der Waals surface area contributed by atoms with E-state index in [0.29, 0.717) is 19.8 Å². The molecule has 2 fully saturated rings. The Morgan fingerprint density at radius 3 is 3.04 bits per heavy atom. The lowest BCUT2D eigenvalue weighted by Crippen LogP contribution is -2.35. The SMILES string of the molecule is O[C@H](COC[C@@H]1CCCO1)CN1CCC[C@@H]1c1cccc(F)c1. The number of rotatable bonds is 7. The molecule has 0 aromatic heterocycles. The fraction of sp³-hybridized carbons (Fsp3) is 0.667. The van der Waals surface area contributed by atoms with Crippen LogP contribution >= 0.6 is 0 Å². The molecule has 23 heavy (non-hydrogen) atoms. The summed E-state index contributed by atoms with van der Waals surface area (Å²) < 4.78 is 24.5. The summed E-state index contributed by atoms with van der Waals surface area (Å²) in [5.74, 6) is -0.199. The van der Waals surface area contributed by atoms with Crippen molar-refractivity contribution in [2.75, 3.05) is 32.9 Å². The molecule has 0 unspecified atom stereocenters. The Balaban J connectivity index is 1.46. The van der Waals surface area contributed by atoms with Crippen LogP contribution in [0.4, 0.5) is 4.39 Å². The van der Waals surface area contributed by atoms with Crippen molar-refractivity contribution >= 4 is 0 Å². The van der Waals surface area contributed by atoms with E-state index in [1.807, 2.05) is 6.07 Å². The number of hydrogen-bond donors (Lipinski definition) is 1. The summed E-state index contributed by atoms with van der Waals surface area (Å²) in [4.78, 5) is 2.23. The van der Waals surface area contributed by atoms with E-state index in [-0.39, 0.29) is 18.0 Å². The number of hydrogen-bond acceptors (Lipinski definition) is 4. The Kier molecular flexibility index (Phi) is 6.00. The van der Waals surface area contributed by atoms with Crippen molar-refractivity contribution < 1.29 is 19.0 Å². The molecule has 2 heterocycles. The number of aliphatic hydroxyl groups is 1. The number of ether oxygens (including phenoxy) is 2. The lowest BCUT2D eigenvalue weighted by molar-refractivity contribution is -0.0261. The highest BCUT2D eigenvalue weighted by molar-refractivity contribution is 5.21. The Morgan fingerprint density at radius 2 is 2.26 bits per heavy atom. The minimum Gasteiger partial charge on any atom is -0.389 e. The number of nitrogens with zero attached hydrogens (tertiary/aromatic N) is 1. The van der Waals surface area contributed by atoms with Crippen LogP contribution < -0.4 is 0 Å². The van der Waals surface area contributed by atoms with Crippen molar-refractivity contribution in [3.05, 3.63) is 35.6 Å². The van der Waals surface area contributed by atoms with Gasteiger partial charge in [-0.1, -0.05) is 12.1 Å². The van der Waals surface area contributed by atoms with Crippen molar-refractivity contribution in [3.63, 3.8) is 0 Å². The summed E-state index contributed by atoms with van der Waals surface area (Å²) in [6.07, 6.45) is 3.89. The van der Waals surface area contributed by atoms with E-state index < -0.39 is 6.10 Å². The summed E-state index contributed by atoms with van der Waals surface area (Å²) in [5, 5.41) is 10.2. The van der Waals surface area contributed by atoms with Gasteiger partial charge in [-0.3, -0.25) is 4.90 Å². The zero-order valence-electron chi connectivity index (χ0n) is 13.5. The van der Waals surface area contributed by atoms with Gasteiger partial charge in [-0.25, -0.2) is 4.39 Å². The first kappa shape index (κ1) is 16.8. The summed E-state index contributed by atoms with van der Waals surface area (Å²) >= 11 is 0. The number of β-amino-alcohol motifs (C(OH)–C–C–N with tert-alkyl or cyclic N) is 1. The van der Waals surface area contributed by atoms with Crippen LogP contribution in [0.3, 0.4) is 0 Å². The van der Waals surface area contributed by atoms with Gasteiger partial charge < -0.3 is 14.6 Å². The minimum atomic E-state index is -0.523. The predicted molar refractivity (Wildman–Crippen MR) is 85.7 cm³/mol. The van der Waals surface area contributed by atoms with Crippen molar-refractivity contribution in [3.8, 4) is 0 Å². The number of benzene rings is 1. The summed E-state index contributed by atoms with van der Waals surface area (Å²) in [6, 6.07) is 6.98. The minimum absolute atomic E-state index is 0.189. The van der Waals surface area contributed by atoms with Crippen LogP contribution in [-0.4, -0.2) is 55.1 Å². The van der Waals surface area contributed by atoms with Gasteiger partial charge in [0.1, 0.15) is 5.82 Å². The summed E-state index contributed by atoms with van der Waals surface area (Å²) in [7, 11) is 0. The highest BCUT2D eigenvalue weighted by Gasteiger charge is 2.28. The molecule has 0 bridgehead atoms. The molecule has 2 aliphatic heterocycles. The Morgan fingerprint density at radius 1 is 1.35 bits per heavy atom. The van der Waals surface area contributed by atoms with Crippen molar-refractivity contribution in [1.82, 2.24) is 4.90 Å². The van der Waals surface area contributed by atoms with Crippen LogP contribution in [0.15, 0.2) is 24.3 Å². The molecule has 5 heteroatoms. The number of likely N-dealkylation sites (tertiary alicyclic amines) is 1. The van der Waals surface area contributed by atoms with Crippen LogP contribution in [0.25, 0.3) is 0 Å². The first-order valence-corrected chi connectivity index (χ1v) is 8.59. The topological polar surface area (TPSA) is 41.9 Å². The zero-order chi connectivity index (χ0) is 16.1. The van der Waals surface area contributed by atoms with E-state index in [9.17, 15) is 9.50 Å². The molecule has 0 aliphatic carbocycles. The van der Waals surface area contributed by atoms with E-state index in [1.165, 1.54) is 6.07 Å². The van der Waals surface area contributed by atoms with Gasteiger partial charge in [0.05, 0.1) is 25.4 Å². The van der Waals surface area contributed by atoms with Gasteiger partial charge in [-0.2, -0.15) is 0 Å². The van der Waals surface area contributed by atoms with E-state index in [4.69, 9.17) is 9.47 Å². The number of halogens is 1. The van der Waals surface area contributed by atoms with Gasteiger partial charge in [0, 0.05) is 19.2 Å². The smallest absolute Gasteiger partial charge is 0.123 e. The quantitative estimate of drug-likeness (QED) is 0.837. The van der Waals surface area contributed by atoms with Crippen molar-refractivity contribution in [2.45, 2.75) is 43.9 Å². The molecule has 1 aromatic rings. The second kappa shape index (κ2) is 8.20. The van der Waals surface area contributed by atoms with E-state index in [0.717, 1.165) is 44.4 Å². The van der Waals surface area contributed by atoms with Gasteiger partial charge in [0.15, 0.2) is 0 Å². The third-order valence-electron chi connectivity index (χ3n) is 4.68. The molecular weight excluding hydrogens is 297 g/mol. The second-order valence-electron chi connectivity index (χ2n) is 6.53. The largest absolute Gasteiger partial charge is 0.389 e. The molecule has 4 nitrogen and oxygen atoms in total. The van der Waals surface area contributed by atoms with Gasteiger partial charge >= 0.3 is 0 Å². The van der Waals surface area contributed by atoms with E-state index >= 15 is 0 Å². The maximum Gasteiger partial charge on any atom is 0.123 e. The molecule has 1 N–H and O–H groups in total. The first-order valence-electron chi connectivity index (χ1n) is 8.59. The van der Waals surface area contributed by atoms with Gasteiger partial charge in [0.2, 0.25) is 0 Å². The maximum atomic E-state index is 13.4. The number of aliphatic hydroxyl groups excluding tert-OH is 1. The van der Waals surface area contributed by atoms with E-state index in [2.05, 4.69) is 4.90 Å². The molecule has 3 atom stereocenters. The van der Waals surface area contributed by atoms with Crippen molar-refractivity contribution in [2.24, 2.45) is 0 Å². The molecule has 2 aliphatic rings. The van der Waals surface area contributed by atoms with Gasteiger partial charge in [-0.15, -0.1) is 0 Å². The summed E-state index contributed by atoms with van der Waals surface area (Å²) in [5.41, 5.74) is 0.995.